The van der Waals surface area contributed by atoms with Crippen molar-refractivity contribution in [1.29, 1.82) is 0 Å². The van der Waals surface area contributed by atoms with Crippen LogP contribution in [0, 0.1) is 19.7 Å². The smallest absolute Gasteiger partial charge is 0.266 e. The summed E-state index contributed by atoms with van der Waals surface area (Å²) in [5.41, 5.74) is 2.76. The number of rotatable bonds is 7. The van der Waals surface area contributed by atoms with E-state index in [1.165, 1.54) is 34.0 Å². The summed E-state index contributed by atoms with van der Waals surface area (Å²) in [5, 5.41) is 3.24. The van der Waals surface area contributed by atoms with E-state index < -0.39 is 5.82 Å². The van der Waals surface area contributed by atoms with Crippen molar-refractivity contribution in [2.75, 3.05) is 12.4 Å². The molecule has 8 heteroatoms. The van der Waals surface area contributed by atoms with Gasteiger partial charge in [0, 0.05) is 11.8 Å². The number of fused-ring (bicyclic) bond motifs is 1. The monoisotopic (exact) mass is 424 g/mol. The van der Waals surface area contributed by atoms with Crippen molar-refractivity contribution >= 4 is 17.4 Å². The number of ether oxygens (including phenoxy) is 1. The minimum absolute atomic E-state index is 0.251. The van der Waals surface area contributed by atoms with E-state index in [2.05, 4.69) is 28.1 Å². The summed E-state index contributed by atoms with van der Waals surface area (Å²) < 4.78 is 21.6. The Morgan fingerprint density at radius 2 is 1.97 bits per heavy atom. The maximum Gasteiger partial charge on any atom is 0.266 e. The number of aryl methyl sites for hydroxylation is 1. The molecule has 0 spiro atoms. The maximum absolute atomic E-state index is 14.2. The van der Waals surface area contributed by atoms with E-state index >= 15 is 0 Å². The first-order chi connectivity index (χ1) is 14.5. The average molecular weight is 425 g/mol. The minimum Gasteiger partial charge on any atom is -0.493 e. The second-order valence-corrected chi connectivity index (χ2v) is 7.93. The number of hydrogen-bond acceptors (Lipinski definition) is 5. The van der Waals surface area contributed by atoms with Crippen LogP contribution >= 0.6 is 11.8 Å². The van der Waals surface area contributed by atoms with E-state index in [0.717, 1.165) is 17.7 Å². The minimum atomic E-state index is -0.405. The number of aromatic amines is 1. The van der Waals surface area contributed by atoms with Crippen LogP contribution in [0.15, 0.2) is 58.5 Å². The third-order valence-electron chi connectivity index (χ3n) is 4.77. The number of aromatic nitrogens is 4. The first-order valence-electron chi connectivity index (χ1n) is 9.59. The summed E-state index contributed by atoms with van der Waals surface area (Å²) in [6.45, 7) is 4.67. The van der Waals surface area contributed by atoms with Gasteiger partial charge in [0.2, 0.25) is 0 Å². The molecule has 0 atom stereocenters. The van der Waals surface area contributed by atoms with Gasteiger partial charge in [-0.15, -0.1) is 0 Å². The van der Waals surface area contributed by atoms with Crippen molar-refractivity contribution < 1.29 is 9.13 Å². The highest BCUT2D eigenvalue weighted by molar-refractivity contribution is 7.99. The molecule has 0 saturated heterocycles. The van der Waals surface area contributed by atoms with Gasteiger partial charge in [-0.05, 0) is 49.6 Å². The van der Waals surface area contributed by atoms with Gasteiger partial charge in [0.25, 0.3) is 5.56 Å². The Bertz CT molecular complexity index is 1250. The largest absolute Gasteiger partial charge is 0.493 e. The summed E-state index contributed by atoms with van der Waals surface area (Å²) >= 11 is 1.46. The maximum atomic E-state index is 14.2. The van der Waals surface area contributed by atoms with E-state index in [1.807, 2.05) is 19.1 Å². The second-order valence-electron chi connectivity index (χ2n) is 6.87. The van der Waals surface area contributed by atoms with Gasteiger partial charge in [-0.1, -0.05) is 36.0 Å². The van der Waals surface area contributed by atoms with Crippen LogP contribution in [-0.4, -0.2) is 31.9 Å². The molecule has 30 heavy (non-hydrogen) atoms. The molecule has 0 aliphatic rings. The number of halogens is 1. The molecular weight excluding hydrogens is 403 g/mol. The van der Waals surface area contributed by atoms with Crippen molar-refractivity contribution in [3.8, 4) is 17.1 Å². The van der Waals surface area contributed by atoms with E-state index in [4.69, 9.17) is 4.74 Å². The molecule has 0 radical (unpaired) electrons. The van der Waals surface area contributed by atoms with Crippen molar-refractivity contribution in [2.45, 2.75) is 25.4 Å². The lowest BCUT2D eigenvalue weighted by atomic mass is 10.1. The molecular formula is C22H21FN4O2S. The van der Waals surface area contributed by atoms with Gasteiger partial charge in [0.15, 0.2) is 16.6 Å². The quantitative estimate of drug-likeness (QED) is 0.352. The first kappa shape index (κ1) is 20.2. The van der Waals surface area contributed by atoms with Gasteiger partial charge in [0.1, 0.15) is 11.6 Å². The fourth-order valence-corrected chi connectivity index (χ4v) is 3.89. The van der Waals surface area contributed by atoms with Gasteiger partial charge >= 0.3 is 0 Å². The third kappa shape index (κ3) is 4.23. The number of hydrogen-bond donors (Lipinski definition) is 1. The predicted molar refractivity (Wildman–Crippen MR) is 116 cm³/mol. The summed E-state index contributed by atoms with van der Waals surface area (Å²) in [5.74, 6) is 1.45. The van der Waals surface area contributed by atoms with Crippen LogP contribution in [-0.2, 0) is 0 Å². The number of nitrogens with one attached hydrogen (secondary N) is 1. The van der Waals surface area contributed by atoms with E-state index in [-0.39, 0.29) is 11.4 Å². The molecule has 4 aromatic rings. The zero-order chi connectivity index (χ0) is 21.1. The normalized spacial score (nSPS) is 11.2. The molecule has 2 heterocycles. The van der Waals surface area contributed by atoms with E-state index in [0.29, 0.717) is 28.7 Å². The molecule has 154 valence electrons. The molecule has 1 N–H and O–H groups in total. The highest BCUT2D eigenvalue weighted by Crippen LogP contribution is 2.24. The number of H-pyrrole nitrogens is 1. The summed E-state index contributed by atoms with van der Waals surface area (Å²) in [6, 6.07) is 13.7. The molecule has 0 fully saturated rings. The molecule has 0 saturated carbocycles. The Labute approximate surface area is 177 Å². The lowest BCUT2D eigenvalue weighted by molar-refractivity contribution is 0.316. The lowest BCUT2D eigenvalue weighted by Gasteiger charge is -2.11. The van der Waals surface area contributed by atoms with Crippen LogP contribution in [0.1, 0.15) is 17.5 Å². The Balaban J connectivity index is 1.49. The summed E-state index contributed by atoms with van der Waals surface area (Å²) in [6.07, 6.45) is 0.782. The van der Waals surface area contributed by atoms with Crippen LogP contribution in [0.25, 0.3) is 17.0 Å². The standard InChI is InChI=1S/C22H21FN4O2S/c1-14-7-5-10-18(15(14)2)29-11-6-12-30-22-25-21(16-8-3-4-9-17(16)23)24-19-13-20(28)26-27(19)22/h3-5,7-10,13H,6,11-12H2,1-2H3,(H,26,28). The zero-order valence-corrected chi connectivity index (χ0v) is 17.5. The molecule has 4 rings (SSSR count). The van der Waals surface area contributed by atoms with Crippen LogP contribution < -0.4 is 10.3 Å². The fourth-order valence-electron chi connectivity index (χ4n) is 3.03. The Hall–Kier alpha value is -3.13. The van der Waals surface area contributed by atoms with Crippen molar-refractivity contribution in [3.05, 3.63) is 75.8 Å². The van der Waals surface area contributed by atoms with E-state index in [9.17, 15) is 9.18 Å². The van der Waals surface area contributed by atoms with Crippen LogP contribution in [0.5, 0.6) is 5.75 Å². The van der Waals surface area contributed by atoms with Crippen molar-refractivity contribution in [2.24, 2.45) is 0 Å². The van der Waals surface area contributed by atoms with Gasteiger partial charge in [-0.25, -0.2) is 18.9 Å². The molecule has 2 aromatic carbocycles. The molecule has 0 bridgehead atoms. The average Bonchev–Trinajstić information content (AvgIpc) is 3.11. The lowest BCUT2D eigenvalue weighted by Crippen LogP contribution is -2.06. The molecule has 0 aliphatic carbocycles. The SMILES string of the molecule is Cc1cccc(OCCCSc2nc(-c3ccccc3F)nc3cc(=O)[nH]n23)c1C. The molecule has 0 amide bonds. The second kappa shape index (κ2) is 8.71. The summed E-state index contributed by atoms with van der Waals surface area (Å²) in [4.78, 5) is 20.6. The highest BCUT2D eigenvalue weighted by atomic mass is 32.2. The predicted octanol–water partition coefficient (Wildman–Crippen LogP) is 4.40. The molecule has 0 unspecified atom stereocenters. The van der Waals surface area contributed by atoms with Crippen molar-refractivity contribution in [3.63, 3.8) is 0 Å². The Kier molecular flexibility index (Phi) is 5.85. The highest BCUT2D eigenvalue weighted by Gasteiger charge is 2.14. The summed E-state index contributed by atoms with van der Waals surface area (Å²) in [7, 11) is 0. The van der Waals surface area contributed by atoms with Gasteiger partial charge in [-0.2, -0.15) is 0 Å². The number of nitrogens with zero attached hydrogens (tertiary/aromatic N) is 3. The van der Waals surface area contributed by atoms with Crippen LogP contribution in [0.3, 0.4) is 0 Å². The number of thioether (sulfide) groups is 1. The van der Waals surface area contributed by atoms with Gasteiger partial charge in [-0.3, -0.25) is 9.89 Å². The topological polar surface area (TPSA) is 72.3 Å². The zero-order valence-electron chi connectivity index (χ0n) is 16.7. The van der Waals surface area contributed by atoms with Gasteiger partial charge in [0.05, 0.1) is 12.2 Å². The van der Waals surface area contributed by atoms with Crippen LogP contribution in [0.2, 0.25) is 0 Å². The first-order valence-corrected chi connectivity index (χ1v) is 10.6. The fraction of sp³-hybridized carbons (Fsp3) is 0.227. The molecule has 0 aliphatic heterocycles. The van der Waals surface area contributed by atoms with E-state index in [1.54, 1.807) is 18.2 Å². The Morgan fingerprint density at radius 1 is 1.13 bits per heavy atom. The van der Waals surface area contributed by atoms with Crippen LogP contribution in [0.4, 0.5) is 4.39 Å². The molecule has 2 aromatic heterocycles. The van der Waals surface area contributed by atoms with Gasteiger partial charge < -0.3 is 4.74 Å². The third-order valence-corrected chi connectivity index (χ3v) is 5.80. The number of benzene rings is 2. The van der Waals surface area contributed by atoms with Crippen molar-refractivity contribution in [1.82, 2.24) is 19.6 Å². The molecule has 6 nitrogen and oxygen atoms in total. The Morgan fingerprint density at radius 3 is 2.80 bits per heavy atom.